The maximum atomic E-state index is 14.9. The van der Waals surface area contributed by atoms with Crippen LogP contribution in [0.25, 0.3) is 22.5 Å². The van der Waals surface area contributed by atoms with Crippen molar-refractivity contribution in [3.05, 3.63) is 40.9 Å². The molecule has 1 aliphatic heterocycles. The van der Waals surface area contributed by atoms with E-state index < -0.39 is 35.4 Å². The van der Waals surface area contributed by atoms with Crippen LogP contribution in [0.15, 0.2) is 24.4 Å². The van der Waals surface area contributed by atoms with Gasteiger partial charge in [-0.25, -0.2) is 4.39 Å². The maximum Gasteiger partial charge on any atom is 0.471 e. The molecule has 1 aliphatic carbocycles. The quantitative estimate of drug-likeness (QED) is 0.478. The Morgan fingerprint density at radius 2 is 2.00 bits per heavy atom. The highest BCUT2D eigenvalue weighted by molar-refractivity contribution is 6.31. The van der Waals surface area contributed by atoms with Crippen LogP contribution in [0.1, 0.15) is 31.0 Å². The highest BCUT2D eigenvalue weighted by atomic mass is 35.5. The number of halogens is 5. The molecule has 5 rings (SSSR count). The molecule has 2 aromatic heterocycles. The number of hydrogen-bond donors (Lipinski definition) is 2. The maximum absolute atomic E-state index is 14.9. The van der Waals surface area contributed by atoms with Gasteiger partial charge < -0.3 is 15.4 Å². The number of amides is 2. The summed E-state index contributed by atoms with van der Waals surface area (Å²) in [6.45, 7) is 0.174. The number of carbonyl (C=O) groups is 2. The van der Waals surface area contributed by atoms with Crippen molar-refractivity contribution in [1.29, 1.82) is 0 Å². The third-order valence-electron chi connectivity index (χ3n) is 6.07. The van der Waals surface area contributed by atoms with Crippen LogP contribution in [-0.4, -0.2) is 55.3 Å². The minimum Gasteiger partial charge on any atom is -0.491 e. The molecule has 1 unspecified atom stereocenters. The molecule has 0 bridgehead atoms. The van der Waals surface area contributed by atoms with Crippen LogP contribution >= 0.6 is 11.6 Å². The Kier molecular flexibility index (Phi) is 6.01. The standard InChI is InChI=1S/C22H18ClF4N7O3/c1-34-32-18(31-33-34)16-12(7-11(23)8-13(16)24)10-6-15-17(28-9-10)14(2-5-37-15)29-19(35)21(3-4-21)30-20(36)22(25,26)27/h6-9,14H,2-5H2,1H3,(H,29,35)(H,30,36). The predicted molar refractivity (Wildman–Crippen MR) is 120 cm³/mol. The van der Waals surface area contributed by atoms with Crippen LogP contribution in [0, 0.1) is 5.82 Å². The second kappa shape index (κ2) is 8.94. The largest absolute Gasteiger partial charge is 0.491 e. The number of ether oxygens (including phenoxy) is 1. The minimum absolute atomic E-state index is 0.0334. The Morgan fingerprint density at radius 1 is 1.24 bits per heavy atom. The molecule has 37 heavy (non-hydrogen) atoms. The number of benzene rings is 1. The molecule has 10 nitrogen and oxygen atoms in total. The number of fused-ring (bicyclic) bond motifs is 1. The Labute approximate surface area is 211 Å². The number of nitrogens with one attached hydrogen (secondary N) is 2. The number of tetrazole rings is 1. The molecule has 0 saturated heterocycles. The number of hydrogen-bond acceptors (Lipinski definition) is 7. The first-order valence-electron chi connectivity index (χ1n) is 11.0. The zero-order valence-corrected chi connectivity index (χ0v) is 19.8. The van der Waals surface area contributed by atoms with Gasteiger partial charge in [0, 0.05) is 23.2 Å². The lowest BCUT2D eigenvalue weighted by Gasteiger charge is -2.28. The summed E-state index contributed by atoms with van der Waals surface area (Å²) in [7, 11) is 1.53. The van der Waals surface area contributed by atoms with Crippen LogP contribution in [0.3, 0.4) is 0 Å². The summed E-state index contributed by atoms with van der Waals surface area (Å²) < 4.78 is 58.7. The van der Waals surface area contributed by atoms with Gasteiger partial charge in [-0.2, -0.15) is 18.0 Å². The molecule has 3 heterocycles. The highest BCUT2D eigenvalue weighted by Gasteiger charge is 2.55. The van der Waals surface area contributed by atoms with Crippen molar-refractivity contribution in [2.24, 2.45) is 7.05 Å². The van der Waals surface area contributed by atoms with Gasteiger partial charge in [-0.1, -0.05) is 11.6 Å². The zero-order valence-electron chi connectivity index (χ0n) is 19.1. The van der Waals surface area contributed by atoms with E-state index in [1.165, 1.54) is 24.1 Å². The summed E-state index contributed by atoms with van der Waals surface area (Å²) in [4.78, 5) is 29.7. The van der Waals surface area contributed by atoms with E-state index in [2.05, 4.69) is 25.7 Å². The lowest BCUT2D eigenvalue weighted by Crippen LogP contribution is -2.53. The smallest absolute Gasteiger partial charge is 0.471 e. The average molecular weight is 540 g/mol. The van der Waals surface area contributed by atoms with Gasteiger partial charge in [0.1, 0.15) is 22.8 Å². The van der Waals surface area contributed by atoms with Gasteiger partial charge >= 0.3 is 12.1 Å². The van der Waals surface area contributed by atoms with Gasteiger partial charge in [-0.05, 0) is 41.8 Å². The number of carbonyl (C=O) groups excluding carboxylic acids is 2. The van der Waals surface area contributed by atoms with Crippen LogP contribution < -0.4 is 15.4 Å². The first-order valence-corrected chi connectivity index (χ1v) is 11.4. The Balaban J connectivity index is 1.43. The number of aromatic nitrogens is 5. The molecular formula is C22H18ClF4N7O3. The molecule has 0 spiro atoms. The zero-order chi connectivity index (χ0) is 26.5. The minimum atomic E-state index is -5.10. The fourth-order valence-electron chi connectivity index (χ4n) is 4.07. The highest BCUT2D eigenvalue weighted by Crippen LogP contribution is 2.41. The van der Waals surface area contributed by atoms with E-state index in [0.717, 1.165) is 6.07 Å². The lowest BCUT2D eigenvalue weighted by atomic mass is 9.97. The van der Waals surface area contributed by atoms with Crippen LogP contribution in [0.2, 0.25) is 5.02 Å². The lowest BCUT2D eigenvalue weighted by molar-refractivity contribution is -0.175. The van der Waals surface area contributed by atoms with E-state index in [4.69, 9.17) is 16.3 Å². The number of pyridine rings is 1. The molecule has 2 amide bonds. The second-order valence-electron chi connectivity index (χ2n) is 8.72. The summed E-state index contributed by atoms with van der Waals surface area (Å²) in [5, 5.41) is 16.3. The van der Waals surface area contributed by atoms with E-state index in [-0.39, 0.29) is 41.6 Å². The normalized spacial score (nSPS) is 17.9. The van der Waals surface area contributed by atoms with Crippen molar-refractivity contribution in [3.63, 3.8) is 0 Å². The summed E-state index contributed by atoms with van der Waals surface area (Å²) in [5.74, 6) is -3.25. The third-order valence-corrected chi connectivity index (χ3v) is 6.29. The van der Waals surface area contributed by atoms with E-state index >= 15 is 0 Å². The van der Waals surface area contributed by atoms with E-state index in [1.807, 2.05) is 0 Å². The molecule has 1 saturated carbocycles. The predicted octanol–water partition coefficient (Wildman–Crippen LogP) is 2.88. The van der Waals surface area contributed by atoms with Gasteiger partial charge in [-0.15, -0.1) is 10.2 Å². The van der Waals surface area contributed by atoms with Gasteiger partial charge in [0.25, 0.3) is 0 Å². The molecule has 3 aromatic rings. The topological polar surface area (TPSA) is 124 Å². The number of alkyl halides is 3. The van der Waals surface area contributed by atoms with Crippen molar-refractivity contribution in [2.75, 3.05) is 6.61 Å². The van der Waals surface area contributed by atoms with Gasteiger partial charge in [0.05, 0.1) is 25.3 Å². The molecule has 1 atom stereocenters. The van der Waals surface area contributed by atoms with Gasteiger partial charge in [0.2, 0.25) is 11.7 Å². The summed E-state index contributed by atoms with van der Waals surface area (Å²) in [5.41, 5.74) is -0.471. The molecule has 2 N–H and O–H groups in total. The molecular weight excluding hydrogens is 522 g/mol. The molecule has 1 aromatic carbocycles. The van der Waals surface area contributed by atoms with Crippen molar-refractivity contribution < 1.29 is 31.9 Å². The summed E-state index contributed by atoms with van der Waals surface area (Å²) >= 11 is 6.10. The summed E-state index contributed by atoms with van der Waals surface area (Å²) in [6.07, 6.45) is -3.20. The fourth-order valence-corrected chi connectivity index (χ4v) is 4.28. The van der Waals surface area contributed by atoms with Gasteiger partial charge in [-0.3, -0.25) is 14.6 Å². The fraction of sp³-hybridized carbons (Fsp3) is 0.364. The van der Waals surface area contributed by atoms with E-state index in [9.17, 15) is 27.2 Å². The van der Waals surface area contributed by atoms with Gasteiger partial charge in [0.15, 0.2) is 0 Å². The first kappa shape index (κ1) is 24.9. The SMILES string of the molecule is Cn1nnc(-c2c(F)cc(Cl)cc2-c2cnc3c(c2)OCCC3NC(=O)C2(NC(=O)C(F)(F)F)CC2)n1. The Morgan fingerprint density at radius 3 is 2.65 bits per heavy atom. The first-order chi connectivity index (χ1) is 17.5. The van der Waals surface area contributed by atoms with Crippen molar-refractivity contribution in [3.8, 4) is 28.3 Å². The second-order valence-corrected chi connectivity index (χ2v) is 9.15. The van der Waals surface area contributed by atoms with Crippen LogP contribution in [0.5, 0.6) is 5.75 Å². The molecule has 1 fully saturated rings. The van der Waals surface area contributed by atoms with Crippen LogP contribution in [-0.2, 0) is 16.6 Å². The summed E-state index contributed by atoms with van der Waals surface area (Å²) in [6, 6.07) is 3.55. The van der Waals surface area contributed by atoms with Crippen molar-refractivity contribution >= 4 is 23.4 Å². The van der Waals surface area contributed by atoms with E-state index in [0.29, 0.717) is 23.2 Å². The molecule has 0 radical (unpaired) electrons. The van der Waals surface area contributed by atoms with E-state index in [1.54, 1.807) is 11.4 Å². The molecule has 15 heteroatoms. The number of aryl methyl sites for hydroxylation is 1. The average Bonchev–Trinajstić information content (AvgIpc) is 3.49. The number of nitrogens with zero attached hydrogens (tertiary/aromatic N) is 5. The van der Waals surface area contributed by atoms with Crippen molar-refractivity contribution in [1.82, 2.24) is 35.8 Å². The molecule has 194 valence electrons. The number of rotatable bonds is 5. The Hall–Kier alpha value is -3.81. The van der Waals surface area contributed by atoms with Crippen LogP contribution in [0.4, 0.5) is 17.6 Å². The Bertz CT molecular complexity index is 1410. The third kappa shape index (κ3) is 4.80. The monoisotopic (exact) mass is 539 g/mol. The van der Waals surface area contributed by atoms with Crippen molar-refractivity contribution in [2.45, 2.75) is 37.0 Å². The molecule has 2 aliphatic rings.